The maximum atomic E-state index is 12.3. The predicted molar refractivity (Wildman–Crippen MR) is 99.8 cm³/mol. The molecule has 1 unspecified atom stereocenters. The highest BCUT2D eigenvalue weighted by Crippen LogP contribution is 2.18. The SMILES string of the molecule is CC(C)(C)OC(=O)NCC1CCCN(C(=O)OCc2ccccc2)CC1. The largest absolute Gasteiger partial charge is 0.445 e. The molecule has 1 N–H and O–H groups in total. The highest BCUT2D eigenvalue weighted by Gasteiger charge is 2.23. The van der Waals surface area contributed by atoms with Crippen molar-refractivity contribution in [3.8, 4) is 0 Å². The van der Waals surface area contributed by atoms with Crippen LogP contribution in [-0.2, 0) is 16.1 Å². The molecule has 144 valence electrons. The zero-order valence-electron chi connectivity index (χ0n) is 16.0. The first-order valence-electron chi connectivity index (χ1n) is 9.26. The van der Waals surface area contributed by atoms with Crippen molar-refractivity contribution in [1.29, 1.82) is 0 Å². The van der Waals surface area contributed by atoms with E-state index < -0.39 is 5.60 Å². The van der Waals surface area contributed by atoms with Crippen LogP contribution in [0.1, 0.15) is 45.6 Å². The van der Waals surface area contributed by atoms with Gasteiger partial charge in [0.25, 0.3) is 0 Å². The molecule has 1 aromatic carbocycles. The lowest BCUT2D eigenvalue weighted by molar-refractivity contribution is 0.0517. The summed E-state index contributed by atoms with van der Waals surface area (Å²) in [5.74, 6) is 0.342. The van der Waals surface area contributed by atoms with E-state index in [-0.39, 0.29) is 12.2 Å². The van der Waals surface area contributed by atoms with Crippen molar-refractivity contribution in [3.63, 3.8) is 0 Å². The van der Waals surface area contributed by atoms with Crippen molar-refractivity contribution in [3.05, 3.63) is 35.9 Å². The van der Waals surface area contributed by atoms with E-state index in [0.717, 1.165) is 24.8 Å². The molecule has 0 aromatic heterocycles. The minimum atomic E-state index is -0.493. The van der Waals surface area contributed by atoms with Crippen molar-refractivity contribution < 1.29 is 19.1 Å². The molecule has 1 fully saturated rings. The maximum Gasteiger partial charge on any atom is 0.410 e. The molecule has 1 heterocycles. The first-order chi connectivity index (χ1) is 12.3. The molecule has 2 rings (SSSR count). The second kappa shape index (κ2) is 9.46. The molecule has 0 spiro atoms. The van der Waals surface area contributed by atoms with Gasteiger partial charge in [-0.1, -0.05) is 30.3 Å². The number of rotatable bonds is 4. The van der Waals surface area contributed by atoms with Crippen LogP contribution in [-0.4, -0.2) is 42.3 Å². The number of nitrogens with one attached hydrogen (secondary N) is 1. The smallest absolute Gasteiger partial charge is 0.410 e. The van der Waals surface area contributed by atoms with Crippen molar-refractivity contribution in [1.82, 2.24) is 10.2 Å². The van der Waals surface area contributed by atoms with Crippen LogP contribution in [0.4, 0.5) is 9.59 Å². The van der Waals surface area contributed by atoms with Gasteiger partial charge in [0, 0.05) is 19.6 Å². The van der Waals surface area contributed by atoms with E-state index in [4.69, 9.17) is 9.47 Å². The first kappa shape index (κ1) is 20.1. The number of hydrogen-bond acceptors (Lipinski definition) is 4. The van der Waals surface area contributed by atoms with Crippen LogP contribution in [0.2, 0.25) is 0 Å². The van der Waals surface area contributed by atoms with E-state index in [1.54, 1.807) is 4.90 Å². The Kier molecular flexibility index (Phi) is 7.30. The lowest BCUT2D eigenvalue weighted by atomic mass is 10.0. The number of carbonyl (C=O) groups excluding carboxylic acids is 2. The molecule has 1 aliphatic rings. The fourth-order valence-corrected chi connectivity index (χ4v) is 2.90. The molecule has 2 amide bonds. The monoisotopic (exact) mass is 362 g/mol. The Morgan fingerprint density at radius 2 is 1.88 bits per heavy atom. The fraction of sp³-hybridized carbons (Fsp3) is 0.600. The summed E-state index contributed by atoms with van der Waals surface area (Å²) in [6, 6.07) is 9.67. The van der Waals surface area contributed by atoms with Crippen molar-refractivity contribution in [2.24, 2.45) is 5.92 Å². The van der Waals surface area contributed by atoms with Crippen LogP contribution in [0.3, 0.4) is 0 Å². The van der Waals surface area contributed by atoms with E-state index >= 15 is 0 Å². The van der Waals surface area contributed by atoms with Crippen LogP contribution in [0, 0.1) is 5.92 Å². The van der Waals surface area contributed by atoms with E-state index in [1.807, 2.05) is 51.1 Å². The summed E-state index contributed by atoms with van der Waals surface area (Å²) in [4.78, 5) is 25.8. The Morgan fingerprint density at radius 1 is 1.15 bits per heavy atom. The standard InChI is InChI=1S/C20H30N2O4/c1-20(2,3)26-18(23)21-14-16-10-7-12-22(13-11-16)19(24)25-15-17-8-5-4-6-9-17/h4-6,8-9,16H,7,10-15H2,1-3H3,(H,21,23). The van der Waals surface area contributed by atoms with Gasteiger partial charge in [-0.3, -0.25) is 0 Å². The Morgan fingerprint density at radius 3 is 2.58 bits per heavy atom. The minimum absolute atomic E-state index is 0.269. The van der Waals surface area contributed by atoms with Gasteiger partial charge in [-0.25, -0.2) is 9.59 Å². The summed E-state index contributed by atoms with van der Waals surface area (Å²) in [7, 11) is 0. The number of ether oxygens (including phenoxy) is 2. The lowest BCUT2D eigenvalue weighted by Crippen LogP contribution is -2.36. The number of amides is 2. The number of likely N-dealkylation sites (tertiary alicyclic amines) is 1. The first-order valence-corrected chi connectivity index (χ1v) is 9.26. The molecule has 0 bridgehead atoms. The highest BCUT2D eigenvalue weighted by atomic mass is 16.6. The summed E-state index contributed by atoms with van der Waals surface area (Å²) in [6.45, 7) is 7.73. The van der Waals surface area contributed by atoms with Crippen LogP contribution in [0.15, 0.2) is 30.3 Å². The Bertz CT molecular complexity index is 583. The van der Waals surface area contributed by atoms with E-state index in [9.17, 15) is 9.59 Å². The third-order valence-corrected chi connectivity index (χ3v) is 4.24. The molecule has 0 saturated carbocycles. The van der Waals surface area contributed by atoms with Crippen molar-refractivity contribution >= 4 is 12.2 Å². The van der Waals surface area contributed by atoms with Gasteiger partial charge in [-0.05, 0) is 51.5 Å². The number of carbonyl (C=O) groups is 2. The molecule has 1 aromatic rings. The summed E-state index contributed by atoms with van der Waals surface area (Å²) < 4.78 is 10.7. The minimum Gasteiger partial charge on any atom is -0.445 e. The third kappa shape index (κ3) is 7.33. The van der Waals surface area contributed by atoms with Gasteiger partial charge in [0.15, 0.2) is 0 Å². The van der Waals surface area contributed by atoms with E-state index in [1.165, 1.54) is 0 Å². The van der Waals surface area contributed by atoms with Gasteiger partial charge in [0.2, 0.25) is 0 Å². The quantitative estimate of drug-likeness (QED) is 0.881. The van der Waals surface area contributed by atoms with Crippen LogP contribution >= 0.6 is 0 Å². The Hall–Kier alpha value is -2.24. The average Bonchev–Trinajstić information content (AvgIpc) is 2.83. The number of benzene rings is 1. The van der Waals surface area contributed by atoms with Crippen molar-refractivity contribution in [2.75, 3.05) is 19.6 Å². The van der Waals surface area contributed by atoms with Gasteiger partial charge >= 0.3 is 12.2 Å². The molecule has 0 aliphatic carbocycles. The van der Waals surface area contributed by atoms with Crippen LogP contribution in [0.5, 0.6) is 0 Å². The maximum absolute atomic E-state index is 12.3. The summed E-state index contributed by atoms with van der Waals surface area (Å²) in [5, 5.41) is 2.83. The average molecular weight is 362 g/mol. The van der Waals surface area contributed by atoms with E-state index in [2.05, 4.69) is 5.32 Å². The van der Waals surface area contributed by atoms with Gasteiger partial charge in [-0.2, -0.15) is 0 Å². The number of nitrogens with zero attached hydrogens (tertiary/aromatic N) is 1. The fourth-order valence-electron chi connectivity index (χ4n) is 2.90. The molecule has 6 heteroatoms. The molecular formula is C20H30N2O4. The molecule has 0 radical (unpaired) electrons. The number of hydrogen-bond donors (Lipinski definition) is 1. The van der Waals surface area contributed by atoms with E-state index in [0.29, 0.717) is 32.2 Å². The van der Waals surface area contributed by atoms with Gasteiger partial charge in [0.1, 0.15) is 12.2 Å². The molecular weight excluding hydrogens is 332 g/mol. The zero-order chi connectivity index (χ0) is 19.0. The summed E-state index contributed by atoms with van der Waals surface area (Å²) >= 11 is 0. The summed E-state index contributed by atoms with van der Waals surface area (Å²) in [5.41, 5.74) is 0.488. The van der Waals surface area contributed by atoms with Gasteiger partial charge in [-0.15, -0.1) is 0 Å². The molecule has 6 nitrogen and oxygen atoms in total. The lowest BCUT2D eigenvalue weighted by Gasteiger charge is -2.22. The molecule has 1 atom stereocenters. The second-order valence-corrected chi connectivity index (χ2v) is 7.71. The molecule has 1 aliphatic heterocycles. The highest BCUT2D eigenvalue weighted by molar-refractivity contribution is 5.68. The number of alkyl carbamates (subject to hydrolysis) is 1. The normalized spacial score (nSPS) is 18.0. The second-order valence-electron chi connectivity index (χ2n) is 7.71. The Labute approximate surface area is 155 Å². The summed E-state index contributed by atoms with van der Waals surface area (Å²) in [6.07, 6.45) is 2.06. The third-order valence-electron chi connectivity index (χ3n) is 4.24. The topological polar surface area (TPSA) is 67.9 Å². The van der Waals surface area contributed by atoms with Gasteiger partial charge < -0.3 is 19.7 Å². The van der Waals surface area contributed by atoms with Gasteiger partial charge in [0.05, 0.1) is 0 Å². The predicted octanol–water partition coefficient (Wildman–Crippen LogP) is 3.95. The van der Waals surface area contributed by atoms with Crippen LogP contribution in [0.25, 0.3) is 0 Å². The zero-order valence-corrected chi connectivity index (χ0v) is 16.0. The molecule has 1 saturated heterocycles. The van der Waals surface area contributed by atoms with Crippen LogP contribution < -0.4 is 5.32 Å². The van der Waals surface area contributed by atoms with Crippen molar-refractivity contribution in [2.45, 2.75) is 52.2 Å². The Balaban J connectivity index is 1.71. The molecule has 26 heavy (non-hydrogen) atoms.